The Labute approximate surface area is 148 Å². The molecule has 1 N–H and O–H groups in total. The van der Waals surface area contributed by atoms with Crippen molar-refractivity contribution >= 4 is 17.5 Å². The van der Waals surface area contributed by atoms with Crippen LogP contribution in [0.15, 0.2) is 54.6 Å². The van der Waals surface area contributed by atoms with Gasteiger partial charge in [0, 0.05) is 30.8 Å². The molecular formula is C21H24N2O2. The highest BCUT2D eigenvalue weighted by Gasteiger charge is 2.19. The van der Waals surface area contributed by atoms with Crippen LogP contribution in [0.1, 0.15) is 48.0 Å². The SMILES string of the molecule is CC(CC(=O)Nc1ccc(C(=O)N2CCCC2)cc1)c1ccccc1. The van der Waals surface area contributed by atoms with Crippen LogP contribution in [0.5, 0.6) is 0 Å². The number of nitrogens with one attached hydrogen (secondary N) is 1. The largest absolute Gasteiger partial charge is 0.339 e. The summed E-state index contributed by atoms with van der Waals surface area (Å²) in [6.45, 7) is 3.73. The molecule has 0 radical (unpaired) electrons. The van der Waals surface area contributed by atoms with E-state index in [9.17, 15) is 9.59 Å². The highest BCUT2D eigenvalue weighted by Crippen LogP contribution is 2.20. The lowest BCUT2D eigenvalue weighted by atomic mass is 9.97. The van der Waals surface area contributed by atoms with E-state index in [0.717, 1.165) is 37.2 Å². The molecule has 3 rings (SSSR count). The predicted octanol–water partition coefficient (Wildman–Crippen LogP) is 4.05. The molecule has 1 saturated heterocycles. The number of anilines is 1. The number of amides is 2. The van der Waals surface area contributed by atoms with Crippen molar-refractivity contribution in [2.75, 3.05) is 18.4 Å². The fourth-order valence-electron chi connectivity index (χ4n) is 3.19. The molecule has 0 spiro atoms. The molecule has 1 fully saturated rings. The third-order valence-corrected chi connectivity index (χ3v) is 4.67. The summed E-state index contributed by atoms with van der Waals surface area (Å²) in [6, 6.07) is 17.2. The molecule has 4 heteroatoms. The van der Waals surface area contributed by atoms with Crippen LogP contribution in [0.3, 0.4) is 0 Å². The Morgan fingerprint density at radius 2 is 1.64 bits per heavy atom. The zero-order chi connectivity index (χ0) is 17.6. The van der Waals surface area contributed by atoms with Crippen molar-refractivity contribution < 1.29 is 9.59 Å². The first-order valence-corrected chi connectivity index (χ1v) is 8.87. The third kappa shape index (κ3) is 4.47. The zero-order valence-electron chi connectivity index (χ0n) is 14.6. The second kappa shape index (κ2) is 7.97. The Hall–Kier alpha value is -2.62. The summed E-state index contributed by atoms with van der Waals surface area (Å²) in [5, 5.41) is 2.91. The first kappa shape index (κ1) is 17.2. The van der Waals surface area contributed by atoms with E-state index < -0.39 is 0 Å². The van der Waals surface area contributed by atoms with Gasteiger partial charge in [-0.2, -0.15) is 0 Å². The Morgan fingerprint density at radius 3 is 2.28 bits per heavy atom. The van der Waals surface area contributed by atoms with Gasteiger partial charge in [-0.25, -0.2) is 0 Å². The summed E-state index contributed by atoms with van der Waals surface area (Å²) >= 11 is 0. The number of benzene rings is 2. The molecule has 1 aliphatic rings. The fourth-order valence-corrected chi connectivity index (χ4v) is 3.19. The summed E-state index contributed by atoms with van der Waals surface area (Å²) in [7, 11) is 0. The average molecular weight is 336 g/mol. The van der Waals surface area contributed by atoms with Crippen LogP contribution in [-0.4, -0.2) is 29.8 Å². The lowest BCUT2D eigenvalue weighted by Gasteiger charge is -2.15. The average Bonchev–Trinajstić information content (AvgIpc) is 3.17. The molecule has 1 unspecified atom stereocenters. The highest BCUT2D eigenvalue weighted by atomic mass is 16.2. The minimum atomic E-state index is -0.0185. The minimum absolute atomic E-state index is 0.0185. The van der Waals surface area contributed by atoms with Gasteiger partial charge in [0.15, 0.2) is 0 Å². The molecule has 0 aromatic heterocycles. The van der Waals surface area contributed by atoms with Gasteiger partial charge in [-0.3, -0.25) is 9.59 Å². The summed E-state index contributed by atoms with van der Waals surface area (Å²) < 4.78 is 0. The third-order valence-electron chi connectivity index (χ3n) is 4.67. The van der Waals surface area contributed by atoms with Crippen molar-refractivity contribution in [3.8, 4) is 0 Å². The second-order valence-electron chi connectivity index (χ2n) is 6.64. The van der Waals surface area contributed by atoms with Gasteiger partial charge in [-0.15, -0.1) is 0 Å². The van der Waals surface area contributed by atoms with Gasteiger partial charge in [0.2, 0.25) is 5.91 Å². The van der Waals surface area contributed by atoms with Crippen LogP contribution in [0, 0.1) is 0 Å². The normalized spacial score (nSPS) is 15.0. The number of hydrogen-bond donors (Lipinski definition) is 1. The van der Waals surface area contributed by atoms with Crippen molar-refractivity contribution in [3.63, 3.8) is 0 Å². The second-order valence-corrected chi connectivity index (χ2v) is 6.64. The minimum Gasteiger partial charge on any atom is -0.339 e. The van der Waals surface area contributed by atoms with Gasteiger partial charge in [0.25, 0.3) is 5.91 Å². The molecule has 2 aromatic rings. The van der Waals surface area contributed by atoms with E-state index in [1.54, 1.807) is 24.3 Å². The molecular weight excluding hydrogens is 312 g/mol. The van der Waals surface area contributed by atoms with Gasteiger partial charge < -0.3 is 10.2 Å². The van der Waals surface area contributed by atoms with Crippen LogP contribution < -0.4 is 5.32 Å². The molecule has 1 aliphatic heterocycles. The maximum Gasteiger partial charge on any atom is 0.253 e. The molecule has 0 bridgehead atoms. The molecule has 0 saturated carbocycles. The summed E-state index contributed by atoms with van der Waals surface area (Å²) in [5.41, 5.74) is 2.56. The van der Waals surface area contributed by atoms with Crippen molar-refractivity contribution in [1.82, 2.24) is 4.90 Å². The molecule has 0 aliphatic carbocycles. The highest BCUT2D eigenvalue weighted by molar-refractivity contribution is 5.96. The van der Waals surface area contributed by atoms with Gasteiger partial charge in [-0.1, -0.05) is 37.3 Å². The number of likely N-dealkylation sites (tertiary alicyclic amines) is 1. The van der Waals surface area contributed by atoms with E-state index in [2.05, 4.69) is 5.32 Å². The Kier molecular flexibility index (Phi) is 5.49. The lowest BCUT2D eigenvalue weighted by Crippen LogP contribution is -2.27. The van der Waals surface area contributed by atoms with Crippen molar-refractivity contribution in [3.05, 3.63) is 65.7 Å². The fraction of sp³-hybridized carbons (Fsp3) is 0.333. The summed E-state index contributed by atoms with van der Waals surface area (Å²) in [5.74, 6) is 0.222. The molecule has 25 heavy (non-hydrogen) atoms. The van der Waals surface area contributed by atoms with Gasteiger partial charge in [-0.05, 0) is 48.6 Å². The maximum absolute atomic E-state index is 12.3. The maximum atomic E-state index is 12.3. The molecule has 1 atom stereocenters. The standard InChI is InChI=1S/C21H24N2O2/c1-16(17-7-3-2-4-8-17)15-20(24)22-19-11-9-18(10-12-19)21(25)23-13-5-6-14-23/h2-4,7-12,16H,5-6,13-15H2,1H3,(H,22,24). The van der Waals surface area contributed by atoms with Gasteiger partial charge in [0.05, 0.1) is 0 Å². The Morgan fingerprint density at radius 1 is 1.00 bits per heavy atom. The molecule has 130 valence electrons. The van der Waals surface area contributed by atoms with Crippen molar-refractivity contribution in [2.45, 2.75) is 32.1 Å². The smallest absolute Gasteiger partial charge is 0.253 e. The lowest BCUT2D eigenvalue weighted by molar-refractivity contribution is -0.116. The van der Waals surface area contributed by atoms with E-state index in [1.807, 2.05) is 42.2 Å². The van der Waals surface area contributed by atoms with E-state index in [-0.39, 0.29) is 17.7 Å². The van der Waals surface area contributed by atoms with Crippen molar-refractivity contribution in [2.24, 2.45) is 0 Å². The predicted molar refractivity (Wildman–Crippen MR) is 99.7 cm³/mol. The summed E-state index contributed by atoms with van der Waals surface area (Å²) in [4.78, 5) is 26.4. The van der Waals surface area contributed by atoms with Gasteiger partial charge >= 0.3 is 0 Å². The molecule has 4 nitrogen and oxygen atoms in total. The Bertz CT molecular complexity index is 719. The number of carbonyl (C=O) groups is 2. The number of rotatable bonds is 5. The Balaban J connectivity index is 1.55. The number of hydrogen-bond acceptors (Lipinski definition) is 2. The van der Waals surface area contributed by atoms with E-state index in [4.69, 9.17) is 0 Å². The first-order chi connectivity index (χ1) is 12.1. The van der Waals surface area contributed by atoms with E-state index in [0.29, 0.717) is 12.0 Å². The van der Waals surface area contributed by atoms with Gasteiger partial charge in [0.1, 0.15) is 0 Å². The van der Waals surface area contributed by atoms with Crippen LogP contribution in [0.25, 0.3) is 0 Å². The van der Waals surface area contributed by atoms with E-state index >= 15 is 0 Å². The van der Waals surface area contributed by atoms with Crippen LogP contribution >= 0.6 is 0 Å². The van der Waals surface area contributed by atoms with Crippen LogP contribution in [0.4, 0.5) is 5.69 Å². The number of nitrogens with zero attached hydrogens (tertiary/aromatic N) is 1. The van der Waals surface area contributed by atoms with E-state index in [1.165, 1.54) is 0 Å². The van der Waals surface area contributed by atoms with Crippen LogP contribution in [-0.2, 0) is 4.79 Å². The van der Waals surface area contributed by atoms with Crippen LogP contribution in [0.2, 0.25) is 0 Å². The summed E-state index contributed by atoms with van der Waals surface area (Å²) in [6.07, 6.45) is 2.59. The molecule has 1 heterocycles. The molecule has 2 aromatic carbocycles. The monoisotopic (exact) mass is 336 g/mol. The topological polar surface area (TPSA) is 49.4 Å². The van der Waals surface area contributed by atoms with Crippen molar-refractivity contribution in [1.29, 1.82) is 0 Å². The zero-order valence-corrected chi connectivity index (χ0v) is 14.6. The molecule has 2 amide bonds. The quantitative estimate of drug-likeness (QED) is 0.895. The number of carbonyl (C=O) groups excluding carboxylic acids is 2. The first-order valence-electron chi connectivity index (χ1n) is 8.87.